The van der Waals surface area contributed by atoms with E-state index in [4.69, 9.17) is 16.3 Å². The van der Waals surface area contributed by atoms with Gasteiger partial charge in [0.05, 0.1) is 17.5 Å². The van der Waals surface area contributed by atoms with E-state index in [-0.39, 0.29) is 17.6 Å². The van der Waals surface area contributed by atoms with Gasteiger partial charge in [0.2, 0.25) is 0 Å². The van der Waals surface area contributed by atoms with Gasteiger partial charge in [-0.05, 0) is 29.8 Å². The number of piperazine rings is 1. The first-order valence-electron chi connectivity index (χ1n) is 7.22. The first kappa shape index (κ1) is 15.7. The second kappa shape index (κ2) is 6.96. The zero-order chi connectivity index (χ0) is 15.5. The van der Waals surface area contributed by atoms with Gasteiger partial charge in [0.1, 0.15) is 0 Å². The highest BCUT2D eigenvalue weighted by atomic mass is 35.5. The molecule has 1 aromatic heterocycles. The van der Waals surface area contributed by atoms with E-state index >= 15 is 0 Å². The molecule has 0 radical (unpaired) electrons. The number of ether oxygens (including phenoxy) is 1. The zero-order valence-corrected chi connectivity index (χ0v) is 13.9. The summed E-state index contributed by atoms with van der Waals surface area (Å²) >= 11 is 7.69. The fourth-order valence-electron chi connectivity index (χ4n) is 2.82. The number of benzene rings is 1. The van der Waals surface area contributed by atoms with Crippen LogP contribution in [0.1, 0.15) is 16.5 Å². The predicted molar refractivity (Wildman–Crippen MR) is 88.6 cm³/mol. The summed E-state index contributed by atoms with van der Waals surface area (Å²) in [7, 11) is 1.49. The Balaban J connectivity index is 2.00. The molecule has 0 amide bonds. The molecule has 0 bridgehead atoms. The van der Waals surface area contributed by atoms with Crippen LogP contribution in [0.2, 0.25) is 4.34 Å². The summed E-state index contributed by atoms with van der Waals surface area (Å²) in [5, 5.41) is 3.36. The maximum absolute atomic E-state index is 13.7. The van der Waals surface area contributed by atoms with Crippen LogP contribution in [0.15, 0.2) is 30.3 Å². The van der Waals surface area contributed by atoms with Crippen LogP contribution in [-0.4, -0.2) is 38.2 Å². The summed E-state index contributed by atoms with van der Waals surface area (Å²) in [4.78, 5) is 3.56. The Morgan fingerprint density at radius 3 is 2.68 bits per heavy atom. The minimum atomic E-state index is -0.338. The van der Waals surface area contributed by atoms with Crippen LogP contribution < -0.4 is 10.1 Å². The molecule has 2 heterocycles. The molecule has 0 spiro atoms. The molecule has 3 rings (SSSR count). The van der Waals surface area contributed by atoms with Crippen molar-refractivity contribution < 1.29 is 9.13 Å². The summed E-state index contributed by atoms with van der Waals surface area (Å²) in [6.07, 6.45) is 0. The van der Waals surface area contributed by atoms with Gasteiger partial charge in [0.15, 0.2) is 11.6 Å². The molecule has 1 N–H and O–H groups in total. The Kier molecular flexibility index (Phi) is 4.98. The number of nitrogens with one attached hydrogen (secondary N) is 1. The van der Waals surface area contributed by atoms with E-state index in [2.05, 4.69) is 16.3 Å². The van der Waals surface area contributed by atoms with Crippen LogP contribution in [0.4, 0.5) is 4.39 Å². The Labute approximate surface area is 138 Å². The highest BCUT2D eigenvalue weighted by Gasteiger charge is 2.26. The van der Waals surface area contributed by atoms with Crippen LogP contribution in [0.5, 0.6) is 5.75 Å². The molecule has 1 aromatic carbocycles. The van der Waals surface area contributed by atoms with Gasteiger partial charge < -0.3 is 10.1 Å². The van der Waals surface area contributed by atoms with E-state index in [1.54, 1.807) is 17.4 Å². The smallest absolute Gasteiger partial charge is 0.165 e. The number of hydrogen-bond donors (Lipinski definition) is 1. The van der Waals surface area contributed by atoms with Gasteiger partial charge in [-0.15, -0.1) is 11.3 Å². The standard InChI is InChI=1S/C16H18ClFN2OS/c1-21-13-10-11(2-3-12(13)18)16(14-4-5-15(17)22-14)20-8-6-19-7-9-20/h2-5,10,16,19H,6-9H2,1H3/t16-/m0/s1. The lowest BCUT2D eigenvalue weighted by atomic mass is 10.0. The Morgan fingerprint density at radius 1 is 1.27 bits per heavy atom. The van der Waals surface area contributed by atoms with E-state index in [0.29, 0.717) is 0 Å². The second-order valence-corrected chi connectivity index (χ2v) is 6.97. The molecule has 22 heavy (non-hydrogen) atoms. The van der Waals surface area contributed by atoms with Crippen LogP contribution in [-0.2, 0) is 0 Å². The maximum Gasteiger partial charge on any atom is 0.165 e. The molecule has 0 aliphatic carbocycles. The minimum absolute atomic E-state index is 0.0779. The Morgan fingerprint density at radius 2 is 2.05 bits per heavy atom. The molecule has 1 aliphatic heterocycles. The highest BCUT2D eigenvalue weighted by Crippen LogP contribution is 2.37. The predicted octanol–water partition coefficient (Wildman–Crippen LogP) is 3.54. The van der Waals surface area contributed by atoms with Crippen LogP contribution in [0, 0.1) is 5.82 Å². The molecule has 1 saturated heterocycles. The molecule has 2 aromatic rings. The topological polar surface area (TPSA) is 24.5 Å². The van der Waals surface area contributed by atoms with Crippen molar-refractivity contribution in [2.75, 3.05) is 33.3 Å². The minimum Gasteiger partial charge on any atom is -0.494 e. The average molecular weight is 341 g/mol. The average Bonchev–Trinajstić information content (AvgIpc) is 2.96. The lowest BCUT2D eigenvalue weighted by Crippen LogP contribution is -2.45. The fraction of sp³-hybridized carbons (Fsp3) is 0.375. The van der Waals surface area contributed by atoms with E-state index in [1.807, 2.05) is 12.1 Å². The third-order valence-corrected chi connectivity index (χ3v) is 5.15. The van der Waals surface area contributed by atoms with Crippen LogP contribution >= 0.6 is 22.9 Å². The van der Waals surface area contributed by atoms with Gasteiger partial charge in [-0.3, -0.25) is 4.90 Å². The molecule has 0 unspecified atom stereocenters. The van der Waals surface area contributed by atoms with Crippen molar-refractivity contribution in [3.63, 3.8) is 0 Å². The largest absolute Gasteiger partial charge is 0.494 e. The van der Waals surface area contributed by atoms with Gasteiger partial charge in [0, 0.05) is 31.1 Å². The molecule has 1 aliphatic rings. The molecule has 6 heteroatoms. The molecule has 118 valence electrons. The summed E-state index contributed by atoms with van der Waals surface area (Å²) in [6, 6.07) is 9.13. The first-order valence-corrected chi connectivity index (χ1v) is 8.42. The molecule has 0 saturated carbocycles. The summed E-state index contributed by atoms with van der Waals surface area (Å²) in [5.41, 5.74) is 1.03. The molecular formula is C16H18ClFN2OS. The van der Waals surface area contributed by atoms with Gasteiger partial charge in [-0.2, -0.15) is 0 Å². The van der Waals surface area contributed by atoms with Gasteiger partial charge in [-0.25, -0.2) is 4.39 Å². The molecule has 1 atom stereocenters. The number of thiophene rings is 1. The van der Waals surface area contributed by atoms with Crippen molar-refractivity contribution in [1.82, 2.24) is 10.2 Å². The van der Waals surface area contributed by atoms with Crippen LogP contribution in [0.3, 0.4) is 0 Å². The van der Waals surface area contributed by atoms with Gasteiger partial charge in [-0.1, -0.05) is 17.7 Å². The number of rotatable bonds is 4. The van der Waals surface area contributed by atoms with E-state index < -0.39 is 0 Å². The Hall–Kier alpha value is -1.14. The number of halogens is 2. The van der Waals surface area contributed by atoms with E-state index in [0.717, 1.165) is 36.1 Å². The summed E-state index contributed by atoms with van der Waals surface area (Å²) in [5.74, 6) is -0.0604. The second-order valence-electron chi connectivity index (χ2n) is 5.22. The van der Waals surface area contributed by atoms with Crippen molar-refractivity contribution in [2.24, 2.45) is 0 Å². The zero-order valence-electron chi connectivity index (χ0n) is 12.3. The van der Waals surface area contributed by atoms with Crippen LogP contribution in [0.25, 0.3) is 0 Å². The first-order chi connectivity index (χ1) is 10.7. The monoisotopic (exact) mass is 340 g/mol. The van der Waals surface area contributed by atoms with Crippen molar-refractivity contribution >= 4 is 22.9 Å². The van der Waals surface area contributed by atoms with Crippen molar-refractivity contribution in [3.8, 4) is 5.75 Å². The third kappa shape index (κ3) is 3.27. The maximum atomic E-state index is 13.7. The quantitative estimate of drug-likeness (QED) is 0.921. The van der Waals surface area contributed by atoms with Crippen molar-refractivity contribution in [3.05, 3.63) is 50.9 Å². The Bertz CT molecular complexity index is 643. The summed E-state index contributed by atoms with van der Waals surface area (Å²) in [6.45, 7) is 3.79. The normalized spacial score (nSPS) is 17.4. The van der Waals surface area contributed by atoms with E-state index in [9.17, 15) is 4.39 Å². The highest BCUT2D eigenvalue weighted by molar-refractivity contribution is 7.16. The third-order valence-electron chi connectivity index (χ3n) is 3.87. The van der Waals surface area contributed by atoms with Crippen molar-refractivity contribution in [1.29, 1.82) is 0 Å². The summed E-state index contributed by atoms with van der Waals surface area (Å²) < 4.78 is 19.6. The van der Waals surface area contributed by atoms with Gasteiger partial charge in [0.25, 0.3) is 0 Å². The van der Waals surface area contributed by atoms with E-state index in [1.165, 1.54) is 18.1 Å². The van der Waals surface area contributed by atoms with Crippen molar-refractivity contribution in [2.45, 2.75) is 6.04 Å². The number of hydrogen-bond acceptors (Lipinski definition) is 4. The lowest BCUT2D eigenvalue weighted by molar-refractivity contribution is 0.200. The molecule has 1 fully saturated rings. The number of nitrogens with zero attached hydrogens (tertiary/aromatic N) is 1. The fourth-order valence-corrected chi connectivity index (χ4v) is 4.04. The van der Waals surface area contributed by atoms with Gasteiger partial charge >= 0.3 is 0 Å². The SMILES string of the molecule is COc1cc([C@@H](c2ccc(Cl)s2)N2CCNCC2)ccc1F. The lowest BCUT2D eigenvalue weighted by Gasteiger charge is -2.34. The molecular weight excluding hydrogens is 323 g/mol. The number of methoxy groups -OCH3 is 1. The molecule has 3 nitrogen and oxygen atoms in total.